The summed E-state index contributed by atoms with van der Waals surface area (Å²) >= 11 is 3.77. The monoisotopic (exact) mass is 450 g/mol. The normalized spacial score (nSPS) is 12.0. The molecule has 0 aliphatic carbocycles. The molecule has 0 saturated carbocycles. The molecule has 0 N–H and O–H groups in total. The standard InChI is InChI=1S/C30H26S2/c1-5-13-25(14-6-1)23-31-29(27-17-9-3-10-18-27)21-22-30(28-19-11-4-12-20-28)32-24-26-15-7-2-8-16-26/h1-22H,23-24H2/b29-21-,30-22-. The highest BCUT2D eigenvalue weighted by Crippen LogP contribution is 2.34. The minimum absolute atomic E-state index is 0.952. The summed E-state index contributed by atoms with van der Waals surface area (Å²) in [5.74, 6) is 1.90. The Morgan fingerprint density at radius 2 is 0.750 bits per heavy atom. The van der Waals surface area contributed by atoms with Gasteiger partial charge in [-0.05, 0) is 34.4 Å². The van der Waals surface area contributed by atoms with Gasteiger partial charge < -0.3 is 0 Å². The van der Waals surface area contributed by atoms with Crippen molar-refractivity contribution < 1.29 is 0 Å². The lowest BCUT2D eigenvalue weighted by Gasteiger charge is -2.10. The van der Waals surface area contributed by atoms with E-state index in [1.165, 1.54) is 32.1 Å². The van der Waals surface area contributed by atoms with E-state index in [1.807, 2.05) is 23.5 Å². The summed E-state index contributed by atoms with van der Waals surface area (Å²) in [5.41, 5.74) is 5.19. The van der Waals surface area contributed by atoms with Gasteiger partial charge >= 0.3 is 0 Å². The molecule has 0 aromatic heterocycles. The fraction of sp³-hybridized carbons (Fsp3) is 0.0667. The molecule has 4 aromatic carbocycles. The summed E-state index contributed by atoms with van der Waals surface area (Å²) in [6.07, 6.45) is 4.56. The van der Waals surface area contributed by atoms with Gasteiger partial charge in [0.2, 0.25) is 0 Å². The summed E-state index contributed by atoms with van der Waals surface area (Å²) in [5, 5.41) is 0. The van der Waals surface area contributed by atoms with E-state index in [0.29, 0.717) is 0 Å². The van der Waals surface area contributed by atoms with Gasteiger partial charge in [-0.1, -0.05) is 121 Å². The highest BCUT2D eigenvalue weighted by Gasteiger charge is 2.06. The van der Waals surface area contributed by atoms with Crippen molar-refractivity contribution in [2.75, 3.05) is 0 Å². The van der Waals surface area contributed by atoms with Crippen molar-refractivity contribution in [1.82, 2.24) is 0 Å². The minimum Gasteiger partial charge on any atom is -0.121 e. The Hall–Kier alpha value is -2.94. The Morgan fingerprint density at radius 1 is 0.438 bits per heavy atom. The SMILES string of the molecule is C(/C=C(\SCc1ccccc1)c1ccccc1)=C(/SCc1ccccc1)c1ccccc1. The number of hydrogen-bond donors (Lipinski definition) is 0. The second-order valence-corrected chi connectivity index (χ2v) is 9.38. The first kappa shape index (κ1) is 22.3. The van der Waals surface area contributed by atoms with E-state index < -0.39 is 0 Å². The van der Waals surface area contributed by atoms with Crippen LogP contribution in [-0.4, -0.2) is 0 Å². The largest absolute Gasteiger partial charge is 0.121 e. The number of benzene rings is 4. The van der Waals surface area contributed by atoms with Crippen molar-refractivity contribution in [3.8, 4) is 0 Å². The summed E-state index contributed by atoms with van der Waals surface area (Å²) in [4.78, 5) is 2.56. The maximum atomic E-state index is 2.28. The maximum Gasteiger partial charge on any atom is 0.0232 e. The van der Waals surface area contributed by atoms with Crippen LogP contribution in [0, 0.1) is 0 Å². The Balaban J connectivity index is 1.61. The average Bonchev–Trinajstić information content (AvgIpc) is 2.88. The van der Waals surface area contributed by atoms with Crippen molar-refractivity contribution in [3.63, 3.8) is 0 Å². The lowest BCUT2D eigenvalue weighted by Crippen LogP contribution is -1.85. The second kappa shape index (κ2) is 12.2. The van der Waals surface area contributed by atoms with Gasteiger partial charge in [0, 0.05) is 21.3 Å². The van der Waals surface area contributed by atoms with Crippen molar-refractivity contribution in [3.05, 3.63) is 156 Å². The summed E-state index contributed by atoms with van der Waals surface area (Å²) < 4.78 is 0. The highest BCUT2D eigenvalue weighted by molar-refractivity contribution is 8.08. The highest BCUT2D eigenvalue weighted by atomic mass is 32.2. The summed E-state index contributed by atoms with van der Waals surface area (Å²) in [6.45, 7) is 0. The molecule has 0 saturated heterocycles. The van der Waals surface area contributed by atoms with Gasteiger partial charge in [0.1, 0.15) is 0 Å². The van der Waals surface area contributed by atoms with Crippen LogP contribution in [0.4, 0.5) is 0 Å². The summed E-state index contributed by atoms with van der Waals surface area (Å²) in [6, 6.07) is 42.7. The van der Waals surface area contributed by atoms with Crippen LogP contribution in [-0.2, 0) is 11.5 Å². The predicted octanol–water partition coefficient (Wildman–Crippen LogP) is 8.94. The molecule has 0 fully saturated rings. The number of rotatable bonds is 9. The molecule has 4 rings (SSSR count). The smallest absolute Gasteiger partial charge is 0.0232 e. The van der Waals surface area contributed by atoms with Crippen molar-refractivity contribution >= 4 is 33.3 Å². The molecule has 4 aromatic rings. The first-order chi connectivity index (χ1) is 15.9. The van der Waals surface area contributed by atoms with Gasteiger partial charge in [0.25, 0.3) is 0 Å². The zero-order valence-electron chi connectivity index (χ0n) is 17.9. The van der Waals surface area contributed by atoms with E-state index in [2.05, 4.69) is 133 Å². The molecule has 0 nitrogen and oxygen atoms in total. The third kappa shape index (κ3) is 6.78. The van der Waals surface area contributed by atoms with E-state index >= 15 is 0 Å². The van der Waals surface area contributed by atoms with Gasteiger partial charge in [-0.2, -0.15) is 0 Å². The van der Waals surface area contributed by atoms with Crippen LogP contribution in [0.2, 0.25) is 0 Å². The van der Waals surface area contributed by atoms with E-state index in [1.54, 1.807) is 0 Å². The number of thioether (sulfide) groups is 2. The minimum atomic E-state index is 0.952. The van der Waals surface area contributed by atoms with Gasteiger partial charge in [-0.25, -0.2) is 0 Å². The van der Waals surface area contributed by atoms with Crippen LogP contribution in [0.25, 0.3) is 9.81 Å². The fourth-order valence-electron chi connectivity index (χ4n) is 3.28. The molecular weight excluding hydrogens is 424 g/mol. The molecule has 0 heterocycles. The molecule has 0 aliphatic rings. The number of hydrogen-bond acceptors (Lipinski definition) is 2. The molecule has 0 bridgehead atoms. The lowest BCUT2D eigenvalue weighted by atomic mass is 10.2. The van der Waals surface area contributed by atoms with Crippen LogP contribution in [0.15, 0.2) is 133 Å². The lowest BCUT2D eigenvalue weighted by molar-refractivity contribution is 1.42. The van der Waals surface area contributed by atoms with E-state index in [4.69, 9.17) is 0 Å². The Kier molecular flexibility index (Phi) is 8.48. The molecule has 32 heavy (non-hydrogen) atoms. The van der Waals surface area contributed by atoms with Crippen molar-refractivity contribution in [2.24, 2.45) is 0 Å². The van der Waals surface area contributed by atoms with Gasteiger partial charge in [-0.3, -0.25) is 0 Å². The quantitative estimate of drug-likeness (QED) is 0.233. The third-order valence-electron chi connectivity index (χ3n) is 4.98. The Morgan fingerprint density at radius 3 is 1.09 bits per heavy atom. The Bertz CT molecular complexity index is 1040. The number of allylic oxidation sites excluding steroid dienone is 2. The molecule has 0 atom stereocenters. The van der Waals surface area contributed by atoms with E-state index in [9.17, 15) is 0 Å². The molecule has 158 valence electrons. The topological polar surface area (TPSA) is 0 Å². The van der Waals surface area contributed by atoms with E-state index in [0.717, 1.165) is 11.5 Å². The van der Waals surface area contributed by atoms with Crippen LogP contribution in [0.3, 0.4) is 0 Å². The third-order valence-corrected chi connectivity index (χ3v) is 7.30. The predicted molar refractivity (Wildman–Crippen MR) is 144 cm³/mol. The molecule has 0 amide bonds. The second-order valence-electron chi connectivity index (χ2n) is 7.34. The molecule has 0 radical (unpaired) electrons. The maximum absolute atomic E-state index is 2.28. The zero-order chi connectivity index (χ0) is 21.8. The van der Waals surface area contributed by atoms with Gasteiger partial charge in [-0.15, -0.1) is 23.5 Å². The zero-order valence-corrected chi connectivity index (χ0v) is 19.6. The fourth-order valence-corrected chi connectivity index (χ4v) is 5.25. The van der Waals surface area contributed by atoms with Crippen LogP contribution in [0.1, 0.15) is 22.3 Å². The molecule has 0 aliphatic heterocycles. The summed E-state index contributed by atoms with van der Waals surface area (Å²) in [7, 11) is 0. The van der Waals surface area contributed by atoms with Crippen molar-refractivity contribution in [2.45, 2.75) is 11.5 Å². The van der Waals surface area contributed by atoms with Crippen LogP contribution in [0.5, 0.6) is 0 Å². The van der Waals surface area contributed by atoms with E-state index in [-0.39, 0.29) is 0 Å². The molecule has 0 unspecified atom stereocenters. The molecule has 0 spiro atoms. The molecule has 2 heteroatoms. The first-order valence-corrected chi connectivity index (χ1v) is 12.7. The van der Waals surface area contributed by atoms with Gasteiger partial charge in [0.15, 0.2) is 0 Å². The van der Waals surface area contributed by atoms with Crippen LogP contribution < -0.4 is 0 Å². The first-order valence-electron chi connectivity index (χ1n) is 10.7. The molecular formula is C30H26S2. The van der Waals surface area contributed by atoms with Crippen molar-refractivity contribution in [1.29, 1.82) is 0 Å². The average molecular weight is 451 g/mol. The Labute approximate surface area is 200 Å². The van der Waals surface area contributed by atoms with Gasteiger partial charge in [0.05, 0.1) is 0 Å². The van der Waals surface area contributed by atoms with Crippen LogP contribution >= 0.6 is 23.5 Å².